The zero-order chi connectivity index (χ0) is 19.4. The van der Waals surface area contributed by atoms with Crippen LogP contribution in [0.2, 0.25) is 18.1 Å². The minimum absolute atomic E-state index is 0.166. The first-order valence-electron chi connectivity index (χ1n) is 9.65. The summed E-state index contributed by atoms with van der Waals surface area (Å²) in [6.45, 7) is 17.8. The standard InChI is InChI=1S/C22H36O3Si/c1-18(12-11-15-23-16-19-13-9-8-10-14-19)20-22(5,25-20)17-24-26(6,7)21(2,3)4/h8-10,12-14,20H,11,15-17H2,1-7H3/b18-12+/t20-,22-/m0/s1. The molecule has 3 nitrogen and oxygen atoms in total. The van der Waals surface area contributed by atoms with Crippen molar-refractivity contribution in [1.82, 2.24) is 0 Å². The summed E-state index contributed by atoms with van der Waals surface area (Å²) in [4.78, 5) is 0. The number of ether oxygens (including phenoxy) is 2. The molecule has 1 aromatic rings. The molecule has 2 atom stereocenters. The molecular weight excluding hydrogens is 340 g/mol. The van der Waals surface area contributed by atoms with Crippen LogP contribution < -0.4 is 0 Å². The molecule has 1 aliphatic rings. The lowest BCUT2D eigenvalue weighted by Crippen LogP contribution is -2.43. The third-order valence-corrected chi connectivity index (χ3v) is 10.1. The molecule has 0 spiro atoms. The minimum Gasteiger partial charge on any atom is -0.414 e. The van der Waals surface area contributed by atoms with Crippen LogP contribution in [-0.4, -0.2) is 33.2 Å². The average molecular weight is 377 g/mol. The Labute approximate surface area is 160 Å². The highest BCUT2D eigenvalue weighted by Crippen LogP contribution is 2.44. The van der Waals surface area contributed by atoms with E-state index in [1.807, 2.05) is 18.2 Å². The fourth-order valence-corrected chi connectivity index (χ4v) is 3.78. The fourth-order valence-electron chi connectivity index (χ4n) is 2.70. The van der Waals surface area contributed by atoms with E-state index in [0.29, 0.717) is 13.2 Å². The maximum Gasteiger partial charge on any atom is 0.192 e. The Morgan fingerprint density at radius 2 is 1.88 bits per heavy atom. The molecule has 0 bridgehead atoms. The molecule has 0 amide bonds. The van der Waals surface area contributed by atoms with Crippen molar-refractivity contribution >= 4 is 8.32 Å². The molecule has 1 aromatic carbocycles. The summed E-state index contributed by atoms with van der Waals surface area (Å²) in [6, 6.07) is 10.3. The Morgan fingerprint density at radius 3 is 2.50 bits per heavy atom. The average Bonchev–Trinajstić information content (AvgIpc) is 3.25. The van der Waals surface area contributed by atoms with Crippen LogP contribution in [0.4, 0.5) is 0 Å². The largest absolute Gasteiger partial charge is 0.414 e. The maximum absolute atomic E-state index is 6.36. The summed E-state index contributed by atoms with van der Waals surface area (Å²) in [6.07, 6.45) is 3.34. The molecule has 0 radical (unpaired) electrons. The number of epoxide rings is 1. The summed E-state index contributed by atoms with van der Waals surface area (Å²) in [5, 5.41) is 0.231. The van der Waals surface area contributed by atoms with Gasteiger partial charge in [-0.3, -0.25) is 0 Å². The third-order valence-electron chi connectivity index (χ3n) is 5.66. The Morgan fingerprint density at radius 1 is 1.23 bits per heavy atom. The summed E-state index contributed by atoms with van der Waals surface area (Å²) >= 11 is 0. The van der Waals surface area contributed by atoms with Gasteiger partial charge in [0.25, 0.3) is 0 Å². The highest BCUT2D eigenvalue weighted by molar-refractivity contribution is 6.74. The molecule has 146 valence electrons. The molecule has 0 unspecified atom stereocenters. The molecule has 1 fully saturated rings. The van der Waals surface area contributed by atoms with Crippen molar-refractivity contribution in [1.29, 1.82) is 0 Å². The number of rotatable bonds is 9. The van der Waals surface area contributed by atoms with Crippen LogP contribution in [0.3, 0.4) is 0 Å². The second-order valence-electron chi connectivity index (χ2n) is 9.13. The molecule has 26 heavy (non-hydrogen) atoms. The zero-order valence-electron chi connectivity index (χ0n) is 17.6. The molecule has 0 aliphatic carbocycles. The number of hydrogen-bond donors (Lipinski definition) is 0. The van der Waals surface area contributed by atoms with Crippen LogP contribution in [0.25, 0.3) is 0 Å². The van der Waals surface area contributed by atoms with Crippen molar-refractivity contribution in [3.63, 3.8) is 0 Å². The van der Waals surface area contributed by atoms with Gasteiger partial charge in [0.2, 0.25) is 0 Å². The Bertz CT molecular complexity index is 604. The molecule has 1 heterocycles. The number of benzene rings is 1. The normalized spacial score (nSPS) is 24.0. The van der Waals surface area contributed by atoms with E-state index in [0.717, 1.165) is 13.0 Å². The minimum atomic E-state index is -1.73. The summed E-state index contributed by atoms with van der Waals surface area (Å²) in [5.41, 5.74) is 2.34. The lowest BCUT2D eigenvalue weighted by atomic mass is 10.0. The highest BCUT2D eigenvalue weighted by Gasteiger charge is 2.54. The van der Waals surface area contributed by atoms with Crippen LogP contribution in [0.15, 0.2) is 42.0 Å². The quantitative estimate of drug-likeness (QED) is 0.239. The fraction of sp³-hybridized carbons (Fsp3) is 0.636. The van der Waals surface area contributed by atoms with Gasteiger partial charge in [-0.15, -0.1) is 0 Å². The molecule has 0 saturated carbocycles. The number of hydrogen-bond acceptors (Lipinski definition) is 3. The van der Waals surface area contributed by atoms with Crippen LogP contribution in [0.5, 0.6) is 0 Å². The summed E-state index contributed by atoms with van der Waals surface area (Å²) < 4.78 is 18.1. The highest BCUT2D eigenvalue weighted by atomic mass is 28.4. The lowest BCUT2D eigenvalue weighted by molar-refractivity contribution is 0.125. The van der Waals surface area contributed by atoms with Crippen LogP contribution in [0, 0.1) is 0 Å². The van der Waals surface area contributed by atoms with Crippen LogP contribution in [-0.2, 0) is 20.5 Å². The molecule has 0 aromatic heterocycles. The SMILES string of the molecule is C/C(=C\CCOCc1ccccc1)[C@@H]1O[C@@]1(C)CO[Si](C)(C)C(C)(C)C. The first-order valence-corrected chi connectivity index (χ1v) is 12.6. The van der Waals surface area contributed by atoms with Gasteiger partial charge in [0.1, 0.15) is 11.7 Å². The van der Waals surface area contributed by atoms with Gasteiger partial charge in [0.05, 0.1) is 19.8 Å². The van der Waals surface area contributed by atoms with Crippen LogP contribution >= 0.6 is 0 Å². The lowest BCUT2D eigenvalue weighted by Gasteiger charge is -2.36. The van der Waals surface area contributed by atoms with Gasteiger partial charge in [-0.05, 0) is 49.5 Å². The monoisotopic (exact) mass is 376 g/mol. The van der Waals surface area contributed by atoms with E-state index in [2.05, 4.69) is 65.9 Å². The summed E-state index contributed by atoms with van der Waals surface area (Å²) in [5.74, 6) is 0. The Hall–Kier alpha value is -0.943. The predicted molar refractivity (Wildman–Crippen MR) is 111 cm³/mol. The molecular formula is C22H36O3Si. The molecule has 1 aliphatic heterocycles. The van der Waals surface area contributed by atoms with Gasteiger partial charge >= 0.3 is 0 Å². The van der Waals surface area contributed by atoms with Crippen molar-refractivity contribution < 1.29 is 13.9 Å². The van der Waals surface area contributed by atoms with Crippen molar-refractivity contribution in [2.24, 2.45) is 0 Å². The molecule has 1 saturated heterocycles. The van der Waals surface area contributed by atoms with Crippen molar-refractivity contribution in [2.75, 3.05) is 13.2 Å². The van der Waals surface area contributed by atoms with Crippen molar-refractivity contribution in [3.05, 3.63) is 47.5 Å². The van der Waals surface area contributed by atoms with Crippen molar-refractivity contribution in [3.8, 4) is 0 Å². The smallest absolute Gasteiger partial charge is 0.192 e. The van der Waals surface area contributed by atoms with Gasteiger partial charge < -0.3 is 13.9 Å². The Kier molecular flexibility index (Phi) is 6.89. The van der Waals surface area contributed by atoms with Crippen LogP contribution in [0.1, 0.15) is 46.6 Å². The van der Waals surface area contributed by atoms with Gasteiger partial charge in [-0.1, -0.05) is 57.2 Å². The van der Waals surface area contributed by atoms with E-state index in [1.54, 1.807) is 0 Å². The first-order chi connectivity index (χ1) is 12.1. The van der Waals surface area contributed by atoms with E-state index >= 15 is 0 Å². The third kappa shape index (κ3) is 5.78. The second kappa shape index (κ2) is 8.38. The first kappa shape index (κ1) is 21.4. The Balaban J connectivity index is 1.71. The zero-order valence-corrected chi connectivity index (χ0v) is 18.6. The molecule has 4 heteroatoms. The van der Waals surface area contributed by atoms with Gasteiger partial charge in [0, 0.05) is 0 Å². The maximum atomic E-state index is 6.36. The second-order valence-corrected chi connectivity index (χ2v) is 13.9. The molecule has 0 N–H and O–H groups in total. The molecule has 2 rings (SSSR count). The summed E-state index contributed by atoms with van der Waals surface area (Å²) in [7, 11) is -1.73. The predicted octanol–water partition coefficient (Wildman–Crippen LogP) is 5.72. The van der Waals surface area contributed by atoms with Gasteiger partial charge in [0.15, 0.2) is 8.32 Å². The van der Waals surface area contributed by atoms with E-state index in [1.165, 1.54) is 11.1 Å². The van der Waals surface area contributed by atoms with Crippen molar-refractivity contribution in [2.45, 2.75) is 77.5 Å². The van der Waals surface area contributed by atoms with E-state index < -0.39 is 8.32 Å². The van der Waals surface area contributed by atoms with E-state index in [4.69, 9.17) is 13.9 Å². The van der Waals surface area contributed by atoms with E-state index in [-0.39, 0.29) is 16.7 Å². The van der Waals surface area contributed by atoms with E-state index in [9.17, 15) is 0 Å². The topological polar surface area (TPSA) is 31.0 Å². The van der Waals surface area contributed by atoms with Gasteiger partial charge in [-0.25, -0.2) is 0 Å². The van der Waals surface area contributed by atoms with Gasteiger partial charge in [-0.2, -0.15) is 0 Å².